The predicted molar refractivity (Wildman–Crippen MR) is 96.0 cm³/mol. The van der Waals surface area contributed by atoms with Gasteiger partial charge in [-0.25, -0.2) is 14.2 Å². The summed E-state index contributed by atoms with van der Waals surface area (Å²) < 4.78 is 5.96. The molecule has 126 valence electrons. The normalized spacial score (nSPS) is 11.8. The van der Waals surface area contributed by atoms with Crippen molar-refractivity contribution in [1.82, 2.24) is 9.55 Å². The Morgan fingerprint density at radius 2 is 2.08 bits per heavy atom. The number of rotatable bonds is 4. The molecule has 0 fully saturated rings. The minimum absolute atomic E-state index is 0.177. The van der Waals surface area contributed by atoms with Gasteiger partial charge >= 0.3 is 11.7 Å². The van der Waals surface area contributed by atoms with Gasteiger partial charge in [0.15, 0.2) is 0 Å². The zero-order valence-corrected chi connectivity index (χ0v) is 15.0. The Labute approximate surface area is 145 Å². The SMILES string of the molecule is CCOC(=O)C(C)(C)n1c(=O)[nH]c2scc(-c3cccs3)c2c1=O. The summed E-state index contributed by atoms with van der Waals surface area (Å²) in [6.45, 7) is 4.86. The summed E-state index contributed by atoms with van der Waals surface area (Å²) >= 11 is 2.81. The fraction of sp³-hybridized carbons (Fsp3) is 0.312. The van der Waals surface area contributed by atoms with Crippen LogP contribution in [0.5, 0.6) is 0 Å². The van der Waals surface area contributed by atoms with E-state index in [9.17, 15) is 14.4 Å². The van der Waals surface area contributed by atoms with Crippen molar-refractivity contribution < 1.29 is 9.53 Å². The molecule has 3 rings (SSSR count). The van der Waals surface area contributed by atoms with Crippen LogP contribution in [0.3, 0.4) is 0 Å². The Morgan fingerprint density at radius 3 is 2.71 bits per heavy atom. The van der Waals surface area contributed by atoms with E-state index in [1.807, 2.05) is 22.9 Å². The summed E-state index contributed by atoms with van der Waals surface area (Å²) in [6, 6.07) is 3.81. The number of carbonyl (C=O) groups excluding carboxylic acids is 1. The molecule has 3 aromatic rings. The molecule has 1 N–H and O–H groups in total. The van der Waals surface area contributed by atoms with E-state index in [1.165, 1.54) is 36.5 Å². The Hall–Kier alpha value is -2.19. The third-order valence-corrected chi connectivity index (χ3v) is 5.55. The average molecular weight is 364 g/mol. The van der Waals surface area contributed by atoms with Gasteiger partial charge in [-0.2, -0.15) is 0 Å². The third-order valence-electron chi connectivity index (χ3n) is 3.75. The van der Waals surface area contributed by atoms with E-state index < -0.39 is 22.8 Å². The quantitative estimate of drug-likeness (QED) is 0.722. The van der Waals surface area contributed by atoms with E-state index in [2.05, 4.69) is 4.98 Å². The summed E-state index contributed by atoms with van der Waals surface area (Å²) in [7, 11) is 0. The van der Waals surface area contributed by atoms with Crippen LogP contribution in [0.4, 0.5) is 0 Å². The van der Waals surface area contributed by atoms with Crippen molar-refractivity contribution in [3.05, 3.63) is 43.7 Å². The van der Waals surface area contributed by atoms with Crippen molar-refractivity contribution in [2.24, 2.45) is 0 Å². The number of esters is 1. The average Bonchev–Trinajstić information content (AvgIpc) is 3.15. The van der Waals surface area contributed by atoms with Gasteiger partial charge < -0.3 is 4.74 Å². The maximum absolute atomic E-state index is 13.0. The third kappa shape index (κ3) is 2.51. The lowest BCUT2D eigenvalue weighted by atomic mass is 10.1. The number of hydrogen-bond acceptors (Lipinski definition) is 6. The Morgan fingerprint density at radius 1 is 1.33 bits per heavy atom. The van der Waals surface area contributed by atoms with Crippen LogP contribution in [0.25, 0.3) is 20.7 Å². The molecule has 0 spiro atoms. The van der Waals surface area contributed by atoms with Gasteiger partial charge in [-0.15, -0.1) is 22.7 Å². The summed E-state index contributed by atoms with van der Waals surface area (Å²) in [5, 5.41) is 4.18. The monoisotopic (exact) mass is 364 g/mol. The Kier molecular flexibility index (Phi) is 4.18. The molecule has 3 aromatic heterocycles. The molecule has 0 atom stereocenters. The van der Waals surface area contributed by atoms with Crippen molar-refractivity contribution in [3.8, 4) is 10.4 Å². The number of hydrogen-bond donors (Lipinski definition) is 1. The van der Waals surface area contributed by atoms with Gasteiger partial charge in [-0.1, -0.05) is 6.07 Å². The van der Waals surface area contributed by atoms with E-state index in [-0.39, 0.29) is 6.61 Å². The predicted octanol–water partition coefficient (Wildman–Crippen LogP) is 2.78. The van der Waals surface area contributed by atoms with Crippen LogP contribution in [0, 0.1) is 0 Å². The maximum atomic E-state index is 13.0. The van der Waals surface area contributed by atoms with Crippen LogP contribution in [0.1, 0.15) is 20.8 Å². The number of H-pyrrole nitrogens is 1. The zero-order valence-electron chi connectivity index (χ0n) is 13.4. The maximum Gasteiger partial charge on any atom is 0.332 e. The van der Waals surface area contributed by atoms with Crippen molar-refractivity contribution in [1.29, 1.82) is 0 Å². The molecule has 0 aliphatic heterocycles. The fourth-order valence-electron chi connectivity index (χ4n) is 2.54. The zero-order chi connectivity index (χ0) is 17.5. The van der Waals surface area contributed by atoms with Gasteiger partial charge in [0.25, 0.3) is 5.56 Å². The Bertz CT molecular complexity index is 1010. The van der Waals surface area contributed by atoms with Gasteiger partial charge in [-0.3, -0.25) is 9.78 Å². The van der Waals surface area contributed by atoms with Gasteiger partial charge in [0.1, 0.15) is 10.4 Å². The lowest BCUT2D eigenvalue weighted by Gasteiger charge is -2.24. The molecule has 6 nitrogen and oxygen atoms in total. The van der Waals surface area contributed by atoms with Crippen molar-refractivity contribution in [2.45, 2.75) is 26.3 Å². The van der Waals surface area contributed by atoms with Crippen molar-refractivity contribution in [3.63, 3.8) is 0 Å². The van der Waals surface area contributed by atoms with Crippen LogP contribution in [-0.4, -0.2) is 22.1 Å². The molecule has 8 heteroatoms. The molecule has 0 radical (unpaired) electrons. The smallest absolute Gasteiger partial charge is 0.332 e. The fourth-order valence-corrected chi connectivity index (χ4v) is 4.30. The number of aromatic amines is 1. The second-order valence-electron chi connectivity index (χ2n) is 5.68. The van der Waals surface area contributed by atoms with E-state index in [1.54, 1.807) is 6.92 Å². The highest BCUT2D eigenvalue weighted by molar-refractivity contribution is 7.18. The van der Waals surface area contributed by atoms with Gasteiger partial charge in [0, 0.05) is 15.8 Å². The van der Waals surface area contributed by atoms with Crippen LogP contribution in [-0.2, 0) is 15.1 Å². The lowest BCUT2D eigenvalue weighted by Crippen LogP contribution is -2.51. The number of aromatic nitrogens is 2. The number of nitrogens with zero attached hydrogens (tertiary/aromatic N) is 1. The second-order valence-corrected chi connectivity index (χ2v) is 7.51. The van der Waals surface area contributed by atoms with E-state index in [0.717, 1.165) is 15.0 Å². The summed E-state index contributed by atoms with van der Waals surface area (Å²) in [5.74, 6) is -0.621. The number of thiophene rings is 2. The van der Waals surface area contributed by atoms with Crippen LogP contribution >= 0.6 is 22.7 Å². The number of nitrogens with one attached hydrogen (secondary N) is 1. The van der Waals surface area contributed by atoms with Gasteiger partial charge in [0.05, 0.1) is 12.0 Å². The molecule has 0 aliphatic carbocycles. The first-order valence-electron chi connectivity index (χ1n) is 7.36. The molecule has 0 unspecified atom stereocenters. The minimum atomic E-state index is -1.40. The molecule has 0 saturated heterocycles. The highest BCUT2D eigenvalue weighted by atomic mass is 32.1. The highest BCUT2D eigenvalue weighted by Crippen LogP contribution is 2.33. The first-order chi connectivity index (χ1) is 11.4. The molecule has 0 bridgehead atoms. The van der Waals surface area contributed by atoms with Crippen LogP contribution in [0.15, 0.2) is 32.5 Å². The van der Waals surface area contributed by atoms with Crippen LogP contribution < -0.4 is 11.2 Å². The van der Waals surface area contributed by atoms with E-state index >= 15 is 0 Å². The van der Waals surface area contributed by atoms with Crippen LogP contribution in [0.2, 0.25) is 0 Å². The Balaban J connectivity index is 2.31. The van der Waals surface area contributed by atoms with E-state index in [0.29, 0.717) is 10.2 Å². The molecule has 0 amide bonds. The largest absolute Gasteiger partial charge is 0.464 e. The van der Waals surface area contributed by atoms with Gasteiger partial charge in [-0.05, 0) is 32.2 Å². The lowest BCUT2D eigenvalue weighted by molar-refractivity contribution is -0.152. The van der Waals surface area contributed by atoms with E-state index in [4.69, 9.17) is 4.74 Å². The molecule has 0 saturated carbocycles. The number of ether oxygens (including phenoxy) is 1. The standard InChI is InChI=1S/C16H16N2O4S2/c1-4-22-14(20)16(2,3)18-13(19)11-9(10-6-5-7-23-10)8-24-12(11)17-15(18)21/h5-8H,4H2,1-3H3,(H,17,21). The van der Waals surface area contributed by atoms with Crippen molar-refractivity contribution >= 4 is 38.9 Å². The molecule has 0 aliphatic rings. The highest BCUT2D eigenvalue weighted by Gasteiger charge is 2.35. The topological polar surface area (TPSA) is 81.2 Å². The number of fused-ring (bicyclic) bond motifs is 1. The molecule has 24 heavy (non-hydrogen) atoms. The second kappa shape index (κ2) is 6.03. The molecule has 0 aromatic carbocycles. The molecular formula is C16H16N2O4S2. The summed E-state index contributed by atoms with van der Waals surface area (Å²) in [4.78, 5) is 41.8. The number of carbonyl (C=O) groups is 1. The summed E-state index contributed by atoms with van der Waals surface area (Å²) in [6.07, 6.45) is 0. The first-order valence-corrected chi connectivity index (χ1v) is 9.12. The molecule has 3 heterocycles. The van der Waals surface area contributed by atoms with Gasteiger partial charge in [0.2, 0.25) is 0 Å². The minimum Gasteiger partial charge on any atom is -0.464 e. The summed E-state index contributed by atoms with van der Waals surface area (Å²) in [5.41, 5.74) is -1.75. The first kappa shape index (κ1) is 16.7. The van der Waals surface area contributed by atoms with Crippen molar-refractivity contribution in [2.75, 3.05) is 6.61 Å². The molecular weight excluding hydrogens is 348 g/mol.